The van der Waals surface area contributed by atoms with Crippen molar-refractivity contribution >= 4 is 33.2 Å². The van der Waals surface area contributed by atoms with Crippen LogP contribution in [0.1, 0.15) is 5.56 Å². The molecule has 120 valence electrons. The molecule has 0 aliphatic rings. The quantitative estimate of drug-likeness (QED) is 0.493. The number of aromatic nitrogens is 1. The van der Waals surface area contributed by atoms with Crippen LogP contribution in [0.5, 0.6) is 0 Å². The van der Waals surface area contributed by atoms with E-state index in [1.807, 2.05) is 25.0 Å². The average Bonchev–Trinajstić information content (AvgIpc) is 2.22. The normalized spacial score (nSPS) is 11.6. The predicted molar refractivity (Wildman–Crippen MR) is 89.0 cm³/mol. The van der Waals surface area contributed by atoms with E-state index in [2.05, 4.69) is 16.4 Å². The van der Waals surface area contributed by atoms with Gasteiger partial charge in [0, 0.05) is 5.19 Å². The van der Waals surface area contributed by atoms with Gasteiger partial charge in [-0.2, -0.15) is 4.39 Å². The summed E-state index contributed by atoms with van der Waals surface area (Å²) in [6, 6.07) is 0. The molecule has 8 heteroatoms. The van der Waals surface area contributed by atoms with Crippen molar-refractivity contribution < 1.29 is 18.7 Å². The molecular formula is C14H20F2N2O2Si2. The van der Waals surface area contributed by atoms with Crippen LogP contribution in [-0.4, -0.2) is 32.3 Å². The first-order chi connectivity index (χ1) is 9.83. The fourth-order valence-electron chi connectivity index (χ4n) is 1.72. The molecule has 22 heavy (non-hydrogen) atoms. The van der Waals surface area contributed by atoms with Gasteiger partial charge < -0.3 is 5.11 Å². The Hall–Kier alpha value is -1.73. The molecule has 0 fully saturated rings. The van der Waals surface area contributed by atoms with Crippen molar-refractivity contribution in [2.75, 3.05) is 5.32 Å². The Bertz CT molecular complexity index is 669. The van der Waals surface area contributed by atoms with Crippen LogP contribution in [0.15, 0.2) is 0 Å². The summed E-state index contributed by atoms with van der Waals surface area (Å²) in [6.07, 6.45) is -1.44. The van der Waals surface area contributed by atoms with Crippen LogP contribution in [0.3, 0.4) is 0 Å². The number of carbonyl (C=O) groups is 1. The molecule has 0 spiro atoms. The van der Waals surface area contributed by atoms with Crippen LogP contribution in [0.2, 0.25) is 39.3 Å². The zero-order valence-corrected chi connectivity index (χ0v) is 15.6. The molecule has 4 nitrogen and oxygen atoms in total. The third-order valence-electron chi connectivity index (χ3n) is 2.63. The Morgan fingerprint density at radius 1 is 1.18 bits per heavy atom. The third-order valence-corrected chi connectivity index (χ3v) is 5.43. The van der Waals surface area contributed by atoms with Crippen molar-refractivity contribution in [1.29, 1.82) is 0 Å². The molecule has 1 aromatic rings. The van der Waals surface area contributed by atoms with Crippen LogP contribution in [0.25, 0.3) is 0 Å². The predicted octanol–water partition coefficient (Wildman–Crippen LogP) is 3.22. The van der Waals surface area contributed by atoms with Crippen LogP contribution >= 0.6 is 0 Å². The third kappa shape index (κ3) is 4.64. The maximum atomic E-state index is 14.8. The molecule has 0 aliphatic carbocycles. The van der Waals surface area contributed by atoms with Gasteiger partial charge in [0.15, 0.2) is 5.82 Å². The smallest absolute Gasteiger partial charge is 0.410 e. The molecule has 0 unspecified atom stereocenters. The lowest BCUT2D eigenvalue weighted by molar-refractivity contribution is 0.209. The van der Waals surface area contributed by atoms with Gasteiger partial charge in [-0.1, -0.05) is 45.2 Å². The molecule has 0 bridgehead atoms. The second-order valence-electron chi connectivity index (χ2n) is 7.00. The number of carboxylic acid groups (broad SMARTS) is 1. The van der Waals surface area contributed by atoms with E-state index in [4.69, 9.17) is 5.11 Å². The van der Waals surface area contributed by atoms with Crippen molar-refractivity contribution in [3.05, 3.63) is 17.3 Å². The van der Waals surface area contributed by atoms with Gasteiger partial charge in [0.2, 0.25) is 5.95 Å². The van der Waals surface area contributed by atoms with Crippen molar-refractivity contribution in [2.24, 2.45) is 0 Å². The highest BCUT2D eigenvalue weighted by atomic mass is 28.3. The lowest BCUT2D eigenvalue weighted by atomic mass is 10.2. The largest absolute Gasteiger partial charge is 0.465 e. The molecule has 1 amide bonds. The first kappa shape index (κ1) is 18.3. The van der Waals surface area contributed by atoms with E-state index in [-0.39, 0.29) is 10.8 Å². The zero-order chi connectivity index (χ0) is 17.3. The van der Waals surface area contributed by atoms with Crippen LogP contribution in [-0.2, 0) is 0 Å². The van der Waals surface area contributed by atoms with E-state index in [1.54, 1.807) is 19.6 Å². The standard InChI is InChI=1S/C14H20F2N2O2Si2/c1-21(2,3)8-7-9-10(15)11(22(4,5)6)12(16)17-13(9)18-14(19)20/h1-6H3,(H,17,18)(H,19,20). The Labute approximate surface area is 131 Å². The maximum absolute atomic E-state index is 14.8. The van der Waals surface area contributed by atoms with E-state index in [9.17, 15) is 13.6 Å². The highest BCUT2D eigenvalue weighted by Gasteiger charge is 2.30. The van der Waals surface area contributed by atoms with Gasteiger partial charge in [-0.15, -0.1) is 5.54 Å². The Morgan fingerprint density at radius 3 is 2.14 bits per heavy atom. The lowest BCUT2D eigenvalue weighted by Crippen LogP contribution is -2.44. The van der Waals surface area contributed by atoms with E-state index < -0.39 is 39.8 Å². The van der Waals surface area contributed by atoms with Crippen molar-refractivity contribution in [2.45, 2.75) is 39.3 Å². The lowest BCUT2D eigenvalue weighted by Gasteiger charge is -2.19. The number of nitrogens with zero attached hydrogens (tertiary/aromatic N) is 1. The number of nitrogens with one attached hydrogen (secondary N) is 1. The van der Waals surface area contributed by atoms with Crippen LogP contribution in [0, 0.1) is 23.2 Å². The summed E-state index contributed by atoms with van der Waals surface area (Å²) in [5.41, 5.74) is 2.78. The Kier molecular flexibility index (Phi) is 5.15. The summed E-state index contributed by atoms with van der Waals surface area (Å²) < 4.78 is 28.9. The number of rotatable bonds is 2. The van der Waals surface area contributed by atoms with Crippen LogP contribution in [0.4, 0.5) is 19.4 Å². The first-order valence-corrected chi connectivity index (χ1v) is 13.8. The van der Waals surface area contributed by atoms with Gasteiger partial charge in [-0.25, -0.2) is 14.2 Å². The molecule has 0 saturated heterocycles. The molecule has 0 saturated carbocycles. The molecule has 0 aliphatic heterocycles. The van der Waals surface area contributed by atoms with Crippen molar-refractivity contribution in [3.8, 4) is 11.5 Å². The summed E-state index contributed by atoms with van der Waals surface area (Å²) in [7, 11) is -4.15. The molecule has 1 rings (SSSR count). The van der Waals surface area contributed by atoms with E-state index in [1.165, 1.54) is 0 Å². The second kappa shape index (κ2) is 6.18. The van der Waals surface area contributed by atoms with Crippen molar-refractivity contribution in [3.63, 3.8) is 0 Å². The van der Waals surface area contributed by atoms with Gasteiger partial charge in [0.25, 0.3) is 0 Å². The van der Waals surface area contributed by atoms with E-state index in [0.29, 0.717) is 0 Å². The maximum Gasteiger partial charge on any atom is 0.410 e. The minimum absolute atomic E-state index is 0.0664. The van der Waals surface area contributed by atoms with Gasteiger partial charge in [-0.3, -0.25) is 5.32 Å². The highest BCUT2D eigenvalue weighted by molar-refractivity contribution is 6.88. The highest BCUT2D eigenvalue weighted by Crippen LogP contribution is 2.19. The summed E-state index contributed by atoms with van der Waals surface area (Å²) >= 11 is 0. The topological polar surface area (TPSA) is 62.2 Å². The van der Waals surface area contributed by atoms with E-state index in [0.717, 1.165) is 0 Å². The number of pyridine rings is 1. The molecule has 0 atom stereocenters. The van der Waals surface area contributed by atoms with Gasteiger partial charge in [-0.05, 0) is 0 Å². The summed E-state index contributed by atoms with van der Waals surface area (Å²) in [4.78, 5) is 14.4. The number of hydrogen-bond donors (Lipinski definition) is 2. The average molecular weight is 342 g/mol. The monoisotopic (exact) mass is 342 g/mol. The second-order valence-corrected chi connectivity index (χ2v) is 16.7. The fraction of sp³-hybridized carbons (Fsp3) is 0.429. The van der Waals surface area contributed by atoms with Gasteiger partial charge in [0.1, 0.15) is 19.5 Å². The minimum Gasteiger partial charge on any atom is -0.465 e. The molecule has 2 N–H and O–H groups in total. The Morgan fingerprint density at radius 2 is 1.73 bits per heavy atom. The Balaban J connectivity index is 3.66. The summed E-state index contributed by atoms with van der Waals surface area (Å²) in [6.45, 7) is 11.3. The summed E-state index contributed by atoms with van der Waals surface area (Å²) in [5, 5.41) is 10.7. The molecule has 0 aromatic carbocycles. The number of halogens is 2. The molecule has 1 aromatic heterocycles. The summed E-state index contributed by atoms with van der Waals surface area (Å²) in [5.74, 6) is 0.500. The number of anilines is 1. The van der Waals surface area contributed by atoms with Crippen LogP contribution < -0.4 is 10.5 Å². The molecule has 1 heterocycles. The molecule has 0 radical (unpaired) electrons. The van der Waals surface area contributed by atoms with Gasteiger partial charge in [0.05, 0.1) is 8.07 Å². The zero-order valence-electron chi connectivity index (χ0n) is 13.6. The molecular weight excluding hydrogens is 322 g/mol. The van der Waals surface area contributed by atoms with Gasteiger partial charge >= 0.3 is 6.09 Å². The SMILES string of the molecule is C[Si](C)(C)C#Cc1c(NC(=O)O)nc(F)c([Si](C)(C)C)c1F. The minimum atomic E-state index is -2.34. The number of amides is 1. The first-order valence-electron chi connectivity index (χ1n) is 6.75. The number of hydrogen-bond acceptors (Lipinski definition) is 2. The van der Waals surface area contributed by atoms with Crippen molar-refractivity contribution in [1.82, 2.24) is 4.98 Å². The van der Waals surface area contributed by atoms with E-state index >= 15 is 0 Å². The fourth-order valence-corrected chi connectivity index (χ4v) is 3.68.